The van der Waals surface area contributed by atoms with Gasteiger partial charge < -0.3 is 24.6 Å². The molecule has 1 saturated heterocycles. The molecule has 0 atom stereocenters. The predicted octanol–water partition coefficient (Wildman–Crippen LogP) is 3.32. The average Bonchev–Trinajstić information content (AvgIpc) is 3.59. The molecule has 0 amide bonds. The maximum Gasteiger partial charge on any atom is 0.341 e. The number of aromatic nitrogens is 1. The minimum atomic E-state index is -1.31. The third kappa shape index (κ3) is 4.04. The van der Waals surface area contributed by atoms with Crippen molar-refractivity contribution in [2.75, 3.05) is 38.2 Å². The summed E-state index contributed by atoms with van der Waals surface area (Å²) in [6.07, 6.45) is 7.02. The van der Waals surface area contributed by atoms with Gasteiger partial charge >= 0.3 is 5.97 Å². The van der Waals surface area contributed by atoms with Crippen molar-refractivity contribution in [3.05, 3.63) is 45.5 Å². The Morgan fingerprint density at radius 3 is 2.65 bits per heavy atom. The largest absolute Gasteiger partial charge is 0.492 e. The fraction of sp³-hybridized carbons (Fsp3) is 0.478. The number of nitrogens with one attached hydrogen (secondary N) is 1. The normalized spacial score (nSPS) is 16.6. The number of likely N-dealkylation sites (N-methyl/N-ethyl adjacent to an activating group) is 1. The lowest BCUT2D eigenvalue weighted by Gasteiger charge is -2.32. The molecule has 1 aliphatic carbocycles. The lowest BCUT2D eigenvalue weighted by molar-refractivity contribution is 0.0695. The van der Waals surface area contributed by atoms with Crippen LogP contribution in [0.5, 0.6) is 5.75 Å². The Labute approximate surface area is 180 Å². The molecule has 4 rings (SSSR count). The Morgan fingerprint density at radius 2 is 2.06 bits per heavy atom. The molecule has 2 aliphatic rings. The molecule has 0 spiro atoms. The van der Waals surface area contributed by atoms with E-state index in [1.165, 1.54) is 24.9 Å². The Kier molecular flexibility index (Phi) is 6.00. The van der Waals surface area contributed by atoms with Gasteiger partial charge in [-0.1, -0.05) is 18.6 Å². The standard InChI is InChI=1S/C23H28FN3O4/c1-3-25-9-6-14-7-10-26(11-8-14)20-18(24)12-16-19(22(20)31-2)27(15-4-5-15)13-17(21(16)28)23(29)30/h6,12-13,15,25H,3-5,7-11H2,1-2H3,(H,29,30). The summed E-state index contributed by atoms with van der Waals surface area (Å²) in [4.78, 5) is 26.3. The maximum atomic E-state index is 15.3. The number of ether oxygens (including phenoxy) is 1. The van der Waals surface area contributed by atoms with Gasteiger partial charge in [-0.3, -0.25) is 4.79 Å². The van der Waals surface area contributed by atoms with Crippen molar-refractivity contribution in [2.24, 2.45) is 0 Å². The summed E-state index contributed by atoms with van der Waals surface area (Å²) in [7, 11) is 1.47. The number of carboxylic acid groups (broad SMARTS) is 1. The van der Waals surface area contributed by atoms with Crippen LogP contribution in [0.2, 0.25) is 0 Å². The molecule has 0 radical (unpaired) electrons. The number of halogens is 1. The third-order valence-electron chi connectivity index (χ3n) is 6.08. The van der Waals surface area contributed by atoms with Crippen molar-refractivity contribution in [1.29, 1.82) is 0 Å². The van der Waals surface area contributed by atoms with Crippen molar-refractivity contribution in [2.45, 2.75) is 38.6 Å². The number of methoxy groups -OCH3 is 1. The number of anilines is 1. The van der Waals surface area contributed by atoms with Crippen LogP contribution in [-0.2, 0) is 0 Å². The van der Waals surface area contributed by atoms with E-state index in [1.807, 2.05) is 4.90 Å². The highest BCUT2D eigenvalue weighted by molar-refractivity contribution is 5.97. The fourth-order valence-electron chi connectivity index (χ4n) is 4.31. The van der Waals surface area contributed by atoms with Crippen LogP contribution >= 0.6 is 0 Å². The van der Waals surface area contributed by atoms with Gasteiger partial charge in [0.2, 0.25) is 5.43 Å². The molecule has 1 aromatic carbocycles. The zero-order chi connectivity index (χ0) is 22.1. The molecule has 2 aromatic rings. The number of nitrogens with zero attached hydrogens (tertiary/aromatic N) is 2. The van der Waals surface area contributed by atoms with E-state index in [9.17, 15) is 14.7 Å². The third-order valence-corrected chi connectivity index (χ3v) is 6.08. The number of fused-ring (bicyclic) bond motifs is 1. The maximum absolute atomic E-state index is 15.3. The zero-order valence-corrected chi connectivity index (χ0v) is 17.9. The fourth-order valence-corrected chi connectivity index (χ4v) is 4.31. The topological polar surface area (TPSA) is 83.8 Å². The molecule has 2 fully saturated rings. The lowest BCUT2D eigenvalue weighted by atomic mass is 10.0. The Hall–Kier alpha value is -2.87. The molecule has 2 heterocycles. The first-order chi connectivity index (χ1) is 15.0. The number of hydrogen-bond acceptors (Lipinski definition) is 5. The second-order valence-corrected chi connectivity index (χ2v) is 8.11. The van der Waals surface area contributed by atoms with E-state index >= 15 is 4.39 Å². The summed E-state index contributed by atoms with van der Waals surface area (Å²) in [6.45, 7) is 5.12. The van der Waals surface area contributed by atoms with E-state index in [4.69, 9.17) is 4.74 Å². The number of piperidine rings is 1. The van der Waals surface area contributed by atoms with E-state index in [0.29, 0.717) is 30.0 Å². The van der Waals surface area contributed by atoms with Gasteiger partial charge in [0.15, 0.2) is 11.6 Å². The monoisotopic (exact) mass is 429 g/mol. The van der Waals surface area contributed by atoms with E-state index < -0.39 is 17.2 Å². The summed E-state index contributed by atoms with van der Waals surface area (Å²) in [5.41, 5.74) is 1.14. The van der Waals surface area contributed by atoms with Crippen molar-refractivity contribution >= 4 is 22.6 Å². The second kappa shape index (κ2) is 8.70. The highest BCUT2D eigenvalue weighted by Gasteiger charge is 2.31. The zero-order valence-electron chi connectivity index (χ0n) is 17.9. The van der Waals surface area contributed by atoms with Gasteiger partial charge in [-0.2, -0.15) is 0 Å². The molecule has 1 aliphatic heterocycles. The molecule has 0 bridgehead atoms. The highest BCUT2D eigenvalue weighted by atomic mass is 19.1. The average molecular weight is 429 g/mol. The van der Waals surface area contributed by atoms with Gasteiger partial charge in [-0.25, -0.2) is 9.18 Å². The van der Waals surface area contributed by atoms with Crippen LogP contribution in [0.25, 0.3) is 10.9 Å². The van der Waals surface area contributed by atoms with E-state index in [0.717, 1.165) is 38.8 Å². The Bertz CT molecular complexity index is 1090. The van der Waals surface area contributed by atoms with Crippen LogP contribution in [0.1, 0.15) is 49.0 Å². The van der Waals surface area contributed by atoms with Gasteiger partial charge in [0.25, 0.3) is 0 Å². The molecule has 8 heteroatoms. The Morgan fingerprint density at radius 1 is 1.35 bits per heavy atom. The first-order valence-corrected chi connectivity index (χ1v) is 10.8. The number of carboxylic acids is 1. The molecule has 7 nitrogen and oxygen atoms in total. The number of hydrogen-bond donors (Lipinski definition) is 2. The second-order valence-electron chi connectivity index (χ2n) is 8.11. The summed E-state index contributed by atoms with van der Waals surface area (Å²) < 4.78 is 22.8. The molecule has 166 valence electrons. The van der Waals surface area contributed by atoms with Crippen LogP contribution < -0.4 is 20.4 Å². The van der Waals surface area contributed by atoms with E-state index in [-0.39, 0.29) is 17.0 Å². The summed E-state index contributed by atoms with van der Waals surface area (Å²) >= 11 is 0. The van der Waals surface area contributed by atoms with Crippen LogP contribution in [0.15, 0.2) is 28.7 Å². The lowest BCUT2D eigenvalue weighted by Crippen LogP contribution is -2.32. The Balaban J connectivity index is 1.79. The number of aromatic carboxylic acids is 1. The highest BCUT2D eigenvalue weighted by Crippen LogP contribution is 2.44. The SMILES string of the molecule is CCNCC=C1CCN(c2c(F)cc3c(=O)c(C(=O)O)cn(C4CC4)c3c2OC)CC1. The van der Waals surface area contributed by atoms with Gasteiger partial charge in [0.05, 0.1) is 18.0 Å². The molecular formula is C23H28FN3O4. The van der Waals surface area contributed by atoms with E-state index in [2.05, 4.69) is 18.3 Å². The summed E-state index contributed by atoms with van der Waals surface area (Å²) in [5.74, 6) is -1.57. The van der Waals surface area contributed by atoms with E-state index in [1.54, 1.807) is 4.57 Å². The summed E-state index contributed by atoms with van der Waals surface area (Å²) in [6, 6.07) is 1.27. The van der Waals surface area contributed by atoms with Crippen LogP contribution in [0.3, 0.4) is 0 Å². The summed E-state index contributed by atoms with van der Waals surface area (Å²) in [5, 5.41) is 12.8. The number of benzene rings is 1. The van der Waals surface area contributed by atoms with Crippen LogP contribution in [0.4, 0.5) is 10.1 Å². The van der Waals surface area contributed by atoms with Crippen molar-refractivity contribution in [1.82, 2.24) is 9.88 Å². The predicted molar refractivity (Wildman–Crippen MR) is 118 cm³/mol. The molecule has 31 heavy (non-hydrogen) atoms. The molecule has 1 saturated carbocycles. The quantitative estimate of drug-likeness (QED) is 0.519. The number of pyridine rings is 1. The molecule has 2 N–H and O–H groups in total. The smallest absolute Gasteiger partial charge is 0.341 e. The van der Waals surface area contributed by atoms with Crippen molar-refractivity contribution in [3.8, 4) is 5.75 Å². The molecular weight excluding hydrogens is 401 g/mol. The first kappa shape index (κ1) is 21.4. The number of carbonyl (C=O) groups is 1. The van der Waals surface area contributed by atoms with Gasteiger partial charge in [-0.15, -0.1) is 0 Å². The molecule has 0 unspecified atom stereocenters. The minimum Gasteiger partial charge on any atom is -0.492 e. The van der Waals surface area contributed by atoms with Gasteiger partial charge in [-0.05, 0) is 38.3 Å². The van der Waals surface area contributed by atoms with Crippen molar-refractivity contribution < 1.29 is 19.0 Å². The number of rotatable bonds is 7. The first-order valence-electron chi connectivity index (χ1n) is 10.8. The van der Waals surface area contributed by atoms with Crippen LogP contribution in [-0.4, -0.2) is 48.9 Å². The molecule has 1 aromatic heterocycles. The van der Waals surface area contributed by atoms with Gasteiger partial charge in [0.1, 0.15) is 11.3 Å². The van der Waals surface area contributed by atoms with Crippen molar-refractivity contribution in [3.63, 3.8) is 0 Å². The van der Waals surface area contributed by atoms with Crippen LogP contribution in [0, 0.1) is 5.82 Å². The van der Waals surface area contributed by atoms with Gasteiger partial charge in [0, 0.05) is 31.9 Å². The minimum absolute atomic E-state index is 0.0492.